The Balaban J connectivity index is 2.08. The first-order chi connectivity index (χ1) is 10.9. The molecule has 1 N–H and O–H groups in total. The molecule has 0 radical (unpaired) electrons. The van der Waals surface area contributed by atoms with E-state index in [0.29, 0.717) is 17.1 Å². The highest BCUT2D eigenvalue weighted by Crippen LogP contribution is 2.31. The lowest BCUT2D eigenvalue weighted by Gasteiger charge is -2.41. The molecule has 0 bridgehead atoms. The fraction of sp³-hybridized carbons (Fsp3) is 0.375. The van der Waals surface area contributed by atoms with Gasteiger partial charge in [-0.05, 0) is 18.2 Å². The summed E-state index contributed by atoms with van der Waals surface area (Å²) < 4.78 is 24.1. The van der Waals surface area contributed by atoms with Gasteiger partial charge in [0.25, 0.3) is 11.8 Å². The van der Waals surface area contributed by atoms with E-state index in [1.807, 2.05) is 5.92 Å². The number of terminal acetylenes is 1. The SMILES string of the molecule is C#CC1(F)CN(C(=O)c2ccc(OCC(=O)NC)c(OC)c2)C1. The molecule has 0 aromatic heterocycles. The zero-order chi connectivity index (χ0) is 17.0. The molecule has 0 unspecified atom stereocenters. The van der Waals surface area contributed by atoms with Crippen LogP contribution in [-0.4, -0.2) is 56.2 Å². The molecule has 1 aromatic rings. The topological polar surface area (TPSA) is 67.9 Å². The molecular weight excluding hydrogens is 303 g/mol. The molecule has 1 fully saturated rings. The molecule has 6 nitrogen and oxygen atoms in total. The average Bonchev–Trinajstić information content (AvgIpc) is 2.55. The van der Waals surface area contributed by atoms with Crippen molar-refractivity contribution in [3.8, 4) is 23.8 Å². The molecule has 0 atom stereocenters. The first kappa shape index (κ1) is 16.6. The highest BCUT2D eigenvalue weighted by Gasteiger charge is 2.44. The molecule has 1 aliphatic heterocycles. The minimum atomic E-state index is -1.74. The summed E-state index contributed by atoms with van der Waals surface area (Å²) in [5.74, 6) is 2.04. The third kappa shape index (κ3) is 3.54. The van der Waals surface area contributed by atoms with Crippen LogP contribution in [0, 0.1) is 12.3 Å². The Labute approximate surface area is 133 Å². The number of ether oxygens (including phenoxy) is 2. The summed E-state index contributed by atoms with van der Waals surface area (Å²) in [5, 5.41) is 2.43. The Hall–Kier alpha value is -2.75. The summed E-state index contributed by atoms with van der Waals surface area (Å²) in [4.78, 5) is 24.8. The number of hydrogen-bond acceptors (Lipinski definition) is 4. The molecule has 0 aliphatic carbocycles. The normalized spacial score (nSPS) is 15.1. The van der Waals surface area contributed by atoms with Crippen molar-refractivity contribution >= 4 is 11.8 Å². The molecule has 0 spiro atoms. The van der Waals surface area contributed by atoms with Gasteiger partial charge in [-0.2, -0.15) is 0 Å². The van der Waals surface area contributed by atoms with E-state index in [1.165, 1.54) is 37.3 Å². The van der Waals surface area contributed by atoms with Crippen LogP contribution in [0.2, 0.25) is 0 Å². The van der Waals surface area contributed by atoms with Crippen molar-refractivity contribution in [1.82, 2.24) is 10.2 Å². The second kappa shape index (κ2) is 6.57. The first-order valence-corrected chi connectivity index (χ1v) is 6.90. The van der Waals surface area contributed by atoms with Gasteiger partial charge in [0.1, 0.15) is 0 Å². The van der Waals surface area contributed by atoms with Crippen molar-refractivity contribution in [1.29, 1.82) is 0 Å². The maximum atomic E-state index is 13.7. The molecule has 1 aromatic carbocycles. The van der Waals surface area contributed by atoms with Crippen molar-refractivity contribution < 1.29 is 23.5 Å². The van der Waals surface area contributed by atoms with Crippen molar-refractivity contribution in [2.75, 3.05) is 33.9 Å². The van der Waals surface area contributed by atoms with Crippen LogP contribution in [0.25, 0.3) is 0 Å². The molecular formula is C16H17FN2O4. The Bertz CT molecular complexity index is 663. The molecule has 2 rings (SSSR count). The number of likely N-dealkylation sites (tertiary alicyclic amines) is 1. The molecule has 23 heavy (non-hydrogen) atoms. The van der Waals surface area contributed by atoms with Gasteiger partial charge < -0.3 is 19.7 Å². The van der Waals surface area contributed by atoms with Gasteiger partial charge in [-0.15, -0.1) is 6.42 Å². The minimum absolute atomic E-state index is 0.125. The van der Waals surface area contributed by atoms with Crippen LogP contribution >= 0.6 is 0 Å². The molecule has 122 valence electrons. The van der Waals surface area contributed by atoms with Crippen LogP contribution in [0.4, 0.5) is 4.39 Å². The molecule has 1 aliphatic rings. The number of nitrogens with zero attached hydrogens (tertiary/aromatic N) is 1. The van der Waals surface area contributed by atoms with Crippen molar-refractivity contribution in [3.05, 3.63) is 23.8 Å². The van der Waals surface area contributed by atoms with Gasteiger partial charge in [-0.25, -0.2) is 4.39 Å². The van der Waals surface area contributed by atoms with E-state index in [2.05, 4.69) is 5.32 Å². The second-order valence-corrected chi connectivity index (χ2v) is 5.10. The second-order valence-electron chi connectivity index (χ2n) is 5.10. The van der Waals surface area contributed by atoms with Crippen LogP contribution in [0.5, 0.6) is 11.5 Å². The van der Waals surface area contributed by atoms with E-state index in [1.54, 1.807) is 0 Å². The smallest absolute Gasteiger partial charge is 0.257 e. The Morgan fingerprint density at radius 1 is 1.43 bits per heavy atom. The van der Waals surface area contributed by atoms with E-state index in [0.717, 1.165) is 0 Å². The van der Waals surface area contributed by atoms with E-state index < -0.39 is 5.67 Å². The fourth-order valence-corrected chi connectivity index (χ4v) is 2.11. The summed E-state index contributed by atoms with van der Waals surface area (Å²) in [5.41, 5.74) is -1.41. The summed E-state index contributed by atoms with van der Waals surface area (Å²) in [6.07, 6.45) is 5.07. The van der Waals surface area contributed by atoms with Gasteiger partial charge >= 0.3 is 0 Å². The molecule has 7 heteroatoms. The van der Waals surface area contributed by atoms with E-state index >= 15 is 0 Å². The number of nitrogens with one attached hydrogen (secondary N) is 1. The zero-order valence-electron chi connectivity index (χ0n) is 12.9. The van der Waals surface area contributed by atoms with Gasteiger partial charge in [0, 0.05) is 12.6 Å². The van der Waals surface area contributed by atoms with Crippen LogP contribution in [0.15, 0.2) is 18.2 Å². The number of rotatable bonds is 5. The van der Waals surface area contributed by atoms with Crippen LogP contribution in [-0.2, 0) is 4.79 Å². The summed E-state index contributed by atoms with van der Waals surface area (Å²) in [6.45, 7) is -0.419. The maximum Gasteiger partial charge on any atom is 0.257 e. The van der Waals surface area contributed by atoms with Gasteiger partial charge in [0.05, 0.1) is 20.2 Å². The highest BCUT2D eigenvalue weighted by molar-refractivity contribution is 5.95. The standard InChI is InChI=1S/C16H17FN2O4/c1-4-16(17)9-19(10-16)15(21)11-5-6-12(13(7-11)22-3)23-8-14(20)18-2/h1,5-7H,8-10H2,2-3H3,(H,18,20). The van der Waals surface area contributed by atoms with Crippen molar-refractivity contribution in [3.63, 3.8) is 0 Å². The van der Waals surface area contributed by atoms with Crippen molar-refractivity contribution in [2.45, 2.75) is 5.67 Å². The number of likely N-dealkylation sites (N-methyl/N-ethyl adjacent to an activating group) is 1. The molecule has 2 amide bonds. The number of carbonyl (C=O) groups excluding carboxylic acids is 2. The number of alkyl halides is 1. The Morgan fingerprint density at radius 3 is 2.70 bits per heavy atom. The van der Waals surface area contributed by atoms with Gasteiger partial charge in [0.15, 0.2) is 18.1 Å². The highest BCUT2D eigenvalue weighted by atomic mass is 19.1. The molecule has 1 heterocycles. The van der Waals surface area contributed by atoms with Gasteiger partial charge in [0.2, 0.25) is 5.67 Å². The number of benzene rings is 1. The number of halogens is 1. The van der Waals surface area contributed by atoms with Crippen LogP contribution in [0.1, 0.15) is 10.4 Å². The zero-order valence-corrected chi connectivity index (χ0v) is 12.9. The summed E-state index contributed by atoms with van der Waals surface area (Å²) in [6, 6.07) is 4.53. The Morgan fingerprint density at radius 2 is 2.13 bits per heavy atom. The van der Waals surface area contributed by atoms with Crippen LogP contribution < -0.4 is 14.8 Å². The summed E-state index contributed by atoms with van der Waals surface area (Å²) >= 11 is 0. The predicted octanol–water partition coefficient (Wildman–Crippen LogP) is 0.617. The minimum Gasteiger partial charge on any atom is -0.493 e. The first-order valence-electron chi connectivity index (χ1n) is 6.90. The molecule has 1 saturated heterocycles. The number of amides is 2. The average molecular weight is 320 g/mol. The lowest BCUT2D eigenvalue weighted by atomic mass is 9.96. The van der Waals surface area contributed by atoms with Crippen molar-refractivity contribution in [2.24, 2.45) is 0 Å². The maximum absolute atomic E-state index is 13.7. The van der Waals surface area contributed by atoms with E-state index in [-0.39, 0.29) is 31.5 Å². The van der Waals surface area contributed by atoms with E-state index in [9.17, 15) is 14.0 Å². The van der Waals surface area contributed by atoms with Gasteiger partial charge in [-0.1, -0.05) is 5.92 Å². The fourth-order valence-electron chi connectivity index (χ4n) is 2.11. The summed E-state index contributed by atoms with van der Waals surface area (Å²) in [7, 11) is 2.92. The quantitative estimate of drug-likeness (QED) is 0.808. The molecule has 0 saturated carbocycles. The Kier molecular flexibility index (Phi) is 4.74. The number of hydrogen-bond donors (Lipinski definition) is 1. The van der Waals surface area contributed by atoms with E-state index in [4.69, 9.17) is 15.9 Å². The monoisotopic (exact) mass is 320 g/mol. The number of methoxy groups -OCH3 is 1. The third-order valence-corrected chi connectivity index (χ3v) is 3.48. The lowest BCUT2D eigenvalue weighted by molar-refractivity contribution is -0.122. The lowest BCUT2D eigenvalue weighted by Crippen LogP contribution is -2.60. The number of carbonyl (C=O) groups is 2. The van der Waals surface area contributed by atoms with Gasteiger partial charge in [-0.3, -0.25) is 9.59 Å². The predicted molar refractivity (Wildman–Crippen MR) is 81.1 cm³/mol. The largest absolute Gasteiger partial charge is 0.493 e. The van der Waals surface area contributed by atoms with Crippen LogP contribution in [0.3, 0.4) is 0 Å². The third-order valence-electron chi connectivity index (χ3n) is 3.48.